The Labute approximate surface area is 226 Å². The van der Waals surface area contributed by atoms with E-state index in [1.54, 1.807) is 12.1 Å². The summed E-state index contributed by atoms with van der Waals surface area (Å²) >= 11 is 1.47. The first-order valence-corrected chi connectivity index (χ1v) is 13.7. The molecule has 9 heteroatoms. The van der Waals surface area contributed by atoms with Crippen LogP contribution in [0.1, 0.15) is 36.9 Å². The zero-order chi connectivity index (χ0) is 26.8. The second-order valence-electron chi connectivity index (χ2n) is 9.51. The molecule has 1 saturated heterocycles. The Morgan fingerprint density at radius 3 is 2.55 bits per heavy atom. The minimum atomic E-state index is -0.434. The van der Waals surface area contributed by atoms with E-state index in [1.807, 2.05) is 58.2 Å². The molecule has 1 fully saturated rings. The van der Waals surface area contributed by atoms with Gasteiger partial charge in [0, 0.05) is 31.9 Å². The van der Waals surface area contributed by atoms with Crippen molar-refractivity contribution in [3.63, 3.8) is 0 Å². The number of rotatable bonds is 6. The van der Waals surface area contributed by atoms with E-state index in [1.165, 1.54) is 24.9 Å². The number of aliphatic imine (C=N–C) groups is 1. The van der Waals surface area contributed by atoms with Crippen LogP contribution in [0.5, 0.6) is 0 Å². The van der Waals surface area contributed by atoms with E-state index in [0.717, 1.165) is 22.0 Å². The van der Waals surface area contributed by atoms with Crippen LogP contribution in [0.25, 0.3) is 0 Å². The highest BCUT2D eigenvalue weighted by molar-refractivity contribution is 8.16. The summed E-state index contributed by atoms with van der Waals surface area (Å²) in [7, 11) is 1.38. The number of nitrogens with zero attached hydrogens (tertiary/aromatic N) is 4. The molecule has 0 bridgehead atoms. The lowest BCUT2D eigenvalue weighted by molar-refractivity contribution is -0.136. The normalized spacial score (nSPS) is 19.3. The summed E-state index contributed by atoms with van der Waals surface area (Å²) in [5.41, 5.74) is 4.60. The van der Waals surface area contributed by atoms with Crippen molar-refractivity contribution in [3.8, 4) is 0 Å². The number of thioether (sulfide) groups is 1. The Bertz CT molecular complexity index is 1350. The highest BCUT2D eigenvalue weighted by Gasteiger charge is 2.42. The fraction of sp³-hybridized carbons (Fsp3) is 0.345. The molecular weight excluding hydrogens is 503 g/mol. The number of para-hydroxylation sites is 1. The number of carbonyl (C=O) groups excluding carboxylic acids is 2. The van der Waals surface area contributed by atoms with Crippen molar-refractivity contribution >= 4 is 34.5 Å². The van der Waals surface area contributed by atoms with Gasteiger partial charge in [-0.15, -0.1) is 0 Å². The third-order valence-electron chi connectivity index (χ3n) is 7.14. The summed E-state index contributed by atoms with van der Waals surface area (Å²) in [4.78, 5) is 37.1. The first kappa shape index (κ1) is 26.0. The number of fused-ring (bicyclic) bond motifs is 1. The molecular formula is C29H31FN4O3S. The number of methoxy groups -OCH3 is 1. The molecule has 0 N–H and O–H groups in total. The van der Waals surface area contributed by atoms with Gasteiger partial charge in [0.15, 0.2) is 5.17 Å². The number of esters is 1. The SMILES string of the molecule is CCC1=C(C(=O)OC)[C@H](c2cccc(C)c2)N2C(CC(=O)N3CCN(c4ccccc4F)CC3)=CSC2=N1. The molecule has 0 saturated carbocycles. The number of aryl methyl sites for hydroxylation is 1. The Hall–Kier alpha value is -3.59. The van der Waals surface area contributed by atoms with E-state index in [2.05, 4.69) is 6.07 Å². The summed E-state index contributed by atoms with van der Waals surface area (Å²) in [5, 5.41) is 2.72. The van der Waals surface area contributed by atoms with Gasteiger partial charge in [-0.2, -0.15) is 0 Å². The molecule has 7 nitrogen and oxygen atoms in total. The fourth-order valence-corrected chi connectivity index (χ4v) is 6.18. The maximum absolute atomic E-state index is 14.2. The number of hydrogen-bond donors (Lipinski definition) is 0. The van der Waals surface area contributed by atoms with Crippen molar-refractivity contribution in [1.82, 2.24) is 9.80 Å². The van der Waals surface area contributed by atoms with Gasteiger partial charge in [0.1, 0.15) is 5.82 Å². The van der Waals surface area contributed by atoms with Crippen LogP contribution in [0.3, 0.4) is 0 Å². The predicted molar refractivity (Wildman–Crippen MR) is 148 cm³/mol. The van der Waals surface area contributed by atoms with Crippen LogP contribution in [0.2, 0.25) is 0 Å². The van der Waals surface area contributed by atoms with E-state index in [-0.39, 0.29) is 18.1 Å². The molecule has 38 heavy (non-hydrogen) atoms. The van der Waals surface area contributed by atoms with E-state index in [0.29, 0.717) is 49.6 Å². The molecule has 0 aliphatic carbocycles. The highest BCUT2D eigenvalue weighted by Crippen LogP contribution is 2.45. The molecule has 0 radical (unpaired) electrons. The average Bonchev–Trinajstić information content (AvgIpc) is 3.33. The topological polar surface area (TPSA) is 65.5 Å². The smallest absolute Gasteiger partial charge is 0.338 e. The lowest BCUT2D eigenvalue weighted by Gasteiger charge is -2.38. The van der Waals surface area contributed by atoms with Crippen LogP contribution >= 0.6 is 11.8 Å². The summed E-state index contributed by atoms with van der Waals surface area (Å²) in [5.74, 6) is -0.664. The third kappa shape index (κ3) is 4.95. The van der Waals surface area contributed by atoms with Gasteiger partial charge in [0.25, 0.3) is 0 Å². The number of amides is 1. The van der Waals surface area contributed by atoms with Gasteiger partial charge in [-0.1, -0.05) is 60.6 Å². The van der Waals surface area contributed by atoms with Gasteiger partial charge >= 0.3 is 5.97 Å². The maximum Gasteiger partial charge on any atom is 0.338 e. The number of benzene rings is 2. The van der Waals surface area contributed by atoms with Crippen LogP contribution in [0.15, 0.2) is 75.9 Å². The summed E-state index contributed by atoms with van der Waals surface area (Å²) in [6.07, 6.45) is 0.773. The maximum atomic E-state index is 14.2. The highest BCUT2D eigenvalue weighted by atomic mass is 32.2. The first-order chi connectivity index (χ1) is 18.4. The molecule has 198 valence electrons. The number of anilines is 1. The molecule has 3 aliphatic heterocycles. The molecule has 3 aliphatic rings. The van der Waals surface area contributed by atoms with Gasteiger partial charge in [0.2, 0.25) is 5.91 Å². The van der Waals surface area contributed by atoms with Crippen molar-refractivity contribution < 1.29 is 18.7 Å². The minimum absolute atomic E-state index is 0.000776. The van der Waals surface area contributed by atoms with Crippen LogP contribution < -0.4 is 4.90 Å². The van der Waals surface area contributed by atoms with Gasteiger partial charge in [0.05, 0.1) is 36.5 Å². The molecule has 1 atom stereocenters. The average molecular weight is 535 g/mol. The largest absolute Gasteiger partial charge is 0.466 e. The number of hydrogen-bond acceptors (Lipinski definition) is 7. The Morgan fingerprint density at radius 2 is 1.87 bits per heavy atom. The zero-order valence-electron chi connectivity index (χ0n) is 21.8. The lowest BCUT2D eigenvalue weighted by atomic mass is 9.92. The molecule has 0 aromatic heterocycles. The number of halogens is 1. The standard InChI is InChI=1S/C29H31FN4O3S/c1-4-23-26(28(36)37-3)27(20-9-7-8-19(2)16-20)34-21(18-38-29(34)31-23)17-25(35)33-14-12-32(13-15-33)24-11-6-5-10-22(24)30/h5-11,16,18,27H,4,12-15,17H2,1-3H3/t27-/m0/s1. The second kappa shape index (κ2) is 11.0. The van der Waals surface area contributed by atoms with Gasteiger partial charge in [-0.05, 0) is 36.4 Å². The van der Waals surface area contributed by atoms with Crippen LogP contribution in [-0.4, -0.2) is 60.1 Å². The van der Waals surface area contributed by atoms with Crippen molar-refractivity contribution in [2.75, 3.05) is 38.2 Å². The quantitative estimate of drug-likeness (QED) is 0.486. The van der Waals surface area contributed by atoms with Gasteiger partial charge in [-0.3, -0.25) is 4.79 Å². The molecule has 2 aromatic carbocycles. The number of amidine groups is 1. The number of carbonyl (C=O) groups is 2. The molecule has 3 heterocycles. The van der Waals surface area contributed by atoms with Crippen molar-refractivity contribution in [2.24, 2.45) is 4.99 Å². The molecule has 0 spiro atoms. The number of piperazine rings is 1. The Morgan fingerprint density at radius 1 is 1.11 bits per heavy atom. The zero-order valence-corrected chi connectivity index (χ0v) is 22.6. The molecule has 5 rings (SSSR count). The van der Waals surface area contributed by atoms with E-state index in [9.17, 15) is 14.0 Å². The Balaban J connectivity index is 1.37. The molecule has 2 aromatic rings. The minimum Gasteiger partial charge on any atom is -0.466 e. The van der Waals surface area contributed by atoms with Crippen LogP contribution in [-0.2, 0) is 14.3 Å². The lowest BCUT2D eigenvalue weighted by Crippen LogP contribution is -2.49. The predicted octanol–water partition coefficient (Wildman–Crippen LogP) is 5.01. The Kier molecular flexibility index (Phi) is 7.56. The van der Waals surface area contributed by atoms with Crippen molar-refractivity contribution in [1.29, 1.82) is 0 Å². The second-order valence-corrected chi connectivity index (χ2v) is 10.3. The van der Waals surface area contributed by atoms with Crippen LogP contribution in [0, 0.1) is 12.7 Å². The van der Waals surface area contributed by atoms with Crippen molar-refractivity contribution in [3.05, 3.63) is 87.9 Å². The fourth-order valence-electron chi connectivity index (χ4n) is 5.24. The number of allylic oxidation sites excluding steroid dienone is 1. The summed E-state index contributed by atoms with van der Waals surface area (Å²) in [6, 6.07) is 14.4. The van der Waals surface area contributed by atoms with Crippen LogP contribution in [0.4, 0.5) is 10.1 Å². The first-order valence-electron chi connectivity index (χ1n) is 12.8. The summed E-state index contributed by atoms with van der Waals surface area (Å²) < 4.78 is 19.4. The monoisotopic (exact) mass is 534 g/mol. The van der Waals surface area contributed by atoms with Crippen molar-refractivity contribution in [2.45, 2.75) is 32.7 Å². The van der Waals surface area contributed by atoms with E-state index >= 15 is 0 Å². The molecule has 1 amide bonds. The van der Waals surface area contributed by atoms with Gasteiger partial charge in [-0.25, -0.2) is 14.2 Å². The van der Waals surface area contributed by atoms with E-state index < -0.39 is 12.0 Å². The van der Waals surface area contributed by atoms with E-state index in [4.69, 9.17) is 9.73 Å². The molecule has 0 unspecified atom stereocenters. The van der Waals surface area contributed by atoms with Gasteiger partial charge < -0.3 is 19.4 Å². The third-order valence-corrected chi connectivity index (χ3v) is 8.03. The summed E-state index contributed by atoms with van der Waals surface area (Å²) in [6.45, 7) is 6.16. The number of ether oxygens (including phenoxy) is 1.